The van der Waals surface area contributed by atoms with Gasteiger partial charge in [0.2, 0.25) is 0 Å². The number of halogens is 4. The number of urea groups is 1. The number of anilines is 1. The smallest absolute Gasteiger partial charge is 0.319 e. The molecule has 2 rings (SSSR count). The lowest BCUT2D eigenvalue weighted by Crippen LogP contribution is -2.34. The van der Waals surface area contributed by atoms with Crippen LogP contribution in [0, 0.1) is 28.8 Å². The van der Waals surface area contributed by atoms with Crippen molar-refractivity contribution in [2.24, 2.45) is 5.73 Å². The molecule has 2 aromatic rings. The minimum absolute atomic E-state index is 0. The average molecular weight is 399 g/mol. The summed E-state index contributed by atoms with van der Waals surface area (Å²) in [6.45, 7) is 0.217. The Hall–Kier alpha value is -2.76. The van der Waals surface area contributed by atoms with Gasteiger partial charge in [-0.25, -0.2) is 18.0 Å². The largest absolute Gasteiger partial charge is 0.338 e. The molecule has 0 unspecified atom stereocenters. The fourth-order valence-corrected chi connectivity index (χ4v) is 2.28. The lowest BCUT2D eigenvalue weighted by molar-refractivity contribution is 0.251. The maximum absolute atomic E-state index is 13.6. The monoisotopic (exact) mass is 398 g/mol. The molecule has 0 aliphatic rings. The molecule has 9 heteroatoms. The summed E-state index contributed by atoms with van der Waals surface area (Å²) in [5.74, 6) is -3.24. The maximum Gasteiger partial charge on any atom is 0.319 e. The van der Waals surface area contributed by atoms with Gasteiger partial charge in [0.1, 0.15) is 5.82 Å². The van der Waals surface area contributed by atoms with Gasteiger partial charge in [-0.15, -0.1) is 12.4 Å². The zero-order chi connectivity index (χ0) is 19.1. The summed E-state index contributed by atoms with van der Waals surface area (Å²) in [7, 11) is 0. The average Bonchev–Trinajstić information content (AvgIpc) is 2.60. The topological polar surface area (TPSA) is 90.9 Å². The minimum atomic E-state index is -1.25. The second kappa shape index (κ2) is 10.4. The van der Waals surface area contributed by atoms with Crippen molar-refractivity contribution in [3.63, 3.8) is 0 Å². The minimum Gasteiger partial charge on any atom is -0.338 e. The summed E-state index contributed by atoms with van der Waals surface area (Å²) in [5.41, 5.74) is 6.83. The van der Waals surface area contributed by atoms with Gasteiger partial charge in [-0.3, -0.25) is 0 Å². The van der Waals surface area contributed by atoms with E-state index in [9.17, 15) is 18.0 Å². The first-order valence-corrected chi connectivity index (χ1v) is 7.83. The second-order valence-corrected chi connectivity index (χ2v) is 5.68. The quantitative estimate of drug-likeness (QED) is 0.650. The molecule has 2 amide bonds. The van der Waals surface area contributed by atoms with Gasteiger partial charge in [0, 0.05) is 24.3 Å². The lowest BCUT2D eigenvalue weighted by Gasteiger charge is -2.13. The molecule has 0 bridgehead atoms. The molecule has 0 aliphatic carbocycles. The molecule has 1 atom stereocenters. The molecule has 0 fully saturated rings. The molecular formula is C18H18ClF3N4O. The Morgan fingerprint density at radius 3 is 2.37 bits per heavy atom. The summed E-state index contributed by atoms with van der Waals surface area (Å²) >= 11 is 0. The molecule has 27 heavy (non-hydrogen) atoms. The molecule has 4 N–H and O–H groups in total. The van der Waals surface area contributed by atoms with E-state index in [1.54, 1.807) is 24.3 Å². The van der Waals surface area contributed by atoms with Crippen molar-refractivity contribution in [3.8, 4) is 6.07 Å². The van der Waals surface area contributed by atoms with E-state index in [1.807, 2.05) is 6.07 Å². The second-order valence-electron chi connectivity index (χ2n) is 5.68. The number of hydrogen-bond acceptors (Lipinski definition) is 3. The van der Waals surface area contributed by atoms with Crippen LogP contribution in [0.5, 0.6) is 0 Å². The highest BCUT2D eigenvalue weighted by molar-refractivity contribution is 5.89. The zero-order valence-corrected chi connectivity index (χ0v) is 15.0. The van der Waals surface area contributed by atoms with Crippen molar-refractivity contribution in [2.45, 2.75) is 18.9 Å². The molecule has 0 saturated carbocycles. The highest BCUT2D eigenvalue weighted by Gasteiger charge is 2.13. The fraction of sp³-hybridized carbons (Fsp3) is 0.222. The summed E-state index contributed by atoms with van der Waals surface area (Å²) in [5, 5.41) is 13.9. The van der Waals surface area contributed by atoms with Crippen LogP contribution in [0.1, 0.15) is 17.5 Å². The van der Waals surface area contributed by atoms with Crippen molar-refractivity contribution in [2.75, 3.05) is 11.9 Å². The third-order valence-corrected chi connectivity index (χ3v) is 3.64. The molecule has 144 valence electrons. The molecule has 5 nitrogen and oxygen atoms in total. The van der Waals surface area contributed by atoms with E-state index in [0.29, 0.717) is 23.7 Å². The lowest BCUT2D eigenvalue weighted by atomic mass is 10.0. The van der Waals surface area contributed by atoms with Crippen LogP contribution >= 0.6 is 12.4 Å². The van der Waals surface area contributed by atoms with Gasteiger partial charge in [0.15, 0.2) is 11.6 Å². The van der Waals surface area contributed by atoms with Crippen molar-refractivity contribution in [3.05, 3.63) is 65.0 Å². The number of nitrogens with zero attached hydrogens (tertiary/aromatic N) is 1. The summed E-state index contributed by atoms with van der Waals surface area (Å²) in [6.07, 6.45) is 0.335. The fourth-order valence-electron chi connectivity index (χ4n) is 2.28. The van der Waals surface area contributed by atoms with E-state index in [1.165, 1.54) is 0 Å². The van der Waals surface area contributed by atoms with Crippen molar-refractivity contribution < 1.29 is 18.0 Å². The van der Waals surface area contributed by atoms with Crippen LogP contribution in [0.25, 0.3) is 0 Å². The number of amides is 2. The van der Waals surface area contributed by atoms with Gasteiger partial charge in [-0.1, -0.05) is 0 Å². The van der Waals surface area contributed by atoms with Gasteiger partial charge < -0.3 is 16.4 Å². The Morgan fingerprint density at radius 2 is 1.74 bits per heavy atom. The van der Waals surface area contributed by atoms with E-state index >= 15 is 0 Å². The van der Waals surface area contributed by atoms with E-state index in [2.05, 4.69) is 10.6 Å². The SMILES string of the molecule is Cl.N#Cc1ccc(NC(=O)NCC[C@H](N)Cc2cc(F)c(F)cc2F)cc1. The number of carbonyl (C=O) groups is 1. The van der Waals surface area contributed by atoms with Crippen molar-refractivity contribution >= 4 is 24.1 Å². The van der Waals surface area contributed by atoms with Gasteiger partial charge in [-0.2, -0.15) is 5.26 Å². The predicted octanol–water partition coefficient (Wildman–Crippen LogP) is 3.48. The zero-order valence-electron chi connectivity index (χ0n) is 14.1. The number of carbonyl (C=O) groups excluding carboxylic acids is 1. The van der Waals surface area contributed by atoms with Crippen LogP contribution in [-0.4, -0.2) is 18.6 Å². The summed E-state index contributed by atoms with van der Waals surface area (Å²) < 4.78 is 39.6. The van der Waals surface area contributed by atoms with Crippen LogP contribution in [-0.2, 0) is 6.42 Å². The van der Waals surface area contributed by atoms with Gasteiger partial charge in [0.25, 0.3) is 0 Å². The first kappa shape index (κ1) is 22.3. The number of nitrogens with one attached hydrogen (secondary N) is 2. The molecule has 0 aliphatic heterocycles. The molecule has 0 aromatic heterocycles. The van der Waals surface area contributed by atoms with Crippen LogP contribution in [0.3, 0.4) is 0 Å². The third kappa shape index (κ3) is 6.81. The van der Waals surface area contributed by atoms with Crippen LogP contribution in [0.2, 0.25) is 0 Å². The molecule has 2 aromatic carbocycles. The number of rotatable bonds is 6. The van der Waals surface area contributed by atoms with E-state index in [0.717, 1.165) is 6.07 Å². The number of benzene rings is 2. The number of nitrogens with two attached hydrogens (primary N) is 1. The Morgan fingerprint density at radius 1 is 1.11 bits per heavy atom. The Balaban J connectivity index is 0.00000364. The van der Waals surface area contributed by atoms with Crippen molar-refractivity contribution in [1.82, 2.24) is 5.32 Å². The van der Waals surface area contributed by atoms with Crippen LogP contribution in [0.4, 0.5) is 23.7 Å². The highest BCUT2D eigenvalue weighted by Crippen LogP contribution is 2.15. The van der Waals surface area contributed by atoms with E-state index in [4.69, 9.17) is 11.0 Å². The molecule has 0 saturated heterocycles. The normalized spacial score (nSPS) is 11.1. The van der Waals surface area contributed by atoms with Crippen LogP contribution in [0.15, 0.2) is 36.4 Å². The van der Waals surface area contributed by atoms with E-state index in [-0.39, 0.29) is 30.9 Å². The first-order chi connectivity index (χ1) is 12.4. The van der Waals surface area contributed by atoms with Gasteiger partial charge >= 0.3 is 6.03 Å². The van der Waals surface area contributed by atoms with E-state index < -0.39 is 29.5 Å². The van der Waals surface area contributed by atoms with Gasteiger partial charge in [0.05, 0.1) is 11.6 Å². The predicted molar refractivity (Wildman–Crippen MR) is 98.0 cm³/mol. The van der Waals surface area contributed by atoms with Crippen molar-refractivity contribution in [1.29, 1.82) is 5.26 Å². The molecule has 0 spiro atoms. The third-order valence-electron chi connectivity index (χ3n) is 3.64. The van der Waals surface area contributed by atoms with Gasteiger partial charge in [-0.05, 0) is 48.7 Å². The first-order valence-electron chi connectivity index (χ1n) is 7.83. The maximum atomic E-state index is 13.6. The Kier molecular flexibility index (Phi) is 8.59. The summed E-state index contributed by atoms with van der Waals surface area (Å²) in [4.78, 5) is 11.8. The summed E-state index contributed by atoms with van der Waals surface area (Å²) in [6, 6.07) is 8.58. The number of hydrogen-bond donors (Lipinski definition) is 3. The van der Waals surface area contributed by atoms with Crippen LogP contribution < -0.4 is 16.4 Å². The molecular weight excluding hydrogens is 381 g/mol. The Bertz CT molecular complexity index is 825. The standard InChI is InChI=1S/C18H17F3N4O.ClH/c19-15-9-17(21)16(20)8-12(15)7-13(23)5-6-24-18(26)25-14-3-1-11(10-22)2-4-14;/h1-4,8-9,13H,5-7,23H2,(H2,24,25,26);1H/t13-;/m0./s1. The molecule has 0 heterocycles. The number of nitriles is 1. The Labute approximate surface area is 160 Å². The highest BCUT2D eigenvalue weighted by atomic mass is 35.5. The molecule has 0 radical (unpaired) electrons.